The minimum Gasteiger partial charge on any atom is -0.293 e. The molecular weight excluding hydrogens is 205 g/mol. The van der Waals surface area contributed by atoms with Crippen molar-refractivity contribution in [3.8, 4) is 0 Å². The molecule has 1 nitrogen and oxygen atoms in total. The smallest absolute Gasteiger partial charge is 0.0818 e. The molecule has 0 bridgehead atoms. The minimum atomic E-state index is -0.270. The second-order valence-corrected chi connectivity index (χ2v) is 9.17. The molecule has 0 amide bonds. The fraction of sp³-hybridized carbons (Fsp3) is 1.00. The maximum Gasteiger partial charge on any atom is 0.0818 e. The van der Waals surface area contributed by atoms with Crippen molar-refractivity contribution in [1.82, 2.24) is 0 Å². The van der Waals surface area contributed by atoms with Gasteiger partial charge in [0.25, 0.3) is 0 Å². The number of rotatable bonds is 8. The second-order valence-electron chi connectivity index (χ2n) is 2.66. The lowest BCUT2D eigenvalue weighted by Crippen LogP contribution is -1.84. The summed E-state index contributed by atoms with van der Waals surface area (Å²) in [5.74, 6) is 2.50. The van der Waals surface area contributed by atoms with Crippen LogP contribution in [0.2, 0.25) is 0 Å². The van der Waals surface area contributed by atoms with Crippen LogP contribution in [-0.4, -0.2) is 11.5 Å². The molecule has 0 aliphatic carbocycles. The molecule has 0 fully saturated rings. The van der Waals surface area contributed by atoms with E-state index >= 15 is 0 Å². The van der Waals surface area contributed by atoms with Crippen LogP contribution < -0.4 is 5.50 Å². The first-order valence-corrected chi connectivity index (χ1v) is 9.21. The van der Waals surface area contributed by atoms with Gasteiger partial charge in [0, 0.05) is 0 Å². The van der Waals surface area contributed by atoms with Gasteiger partial charge in [0.1, 0.15) is 0 Å². The number of hydrogen-bond acceptors (Lipinski definition) is 3. The Morgan fingerprint density at radius 3 is 1.75 bits per heavy atom. The minimum absolute atomic E-state index is 0.270. The van der Waals surface area contributed by atoms with Crippen molar-refractivity contribution in [2.45, 2.75) is 39.5 Å². The molecule has 0 radical (unpaired) electrons. The first-order chi connectivity index (χ1) is 5.81. The standard InChI is InChI=1S/C8H20NPS2/c1-3-5-7-11-10(9)12-8-6-4-2/h3-9H2,1-2H3. The fourth-order valence-electron chi connectivity index (χ4n) is 0.635. The highest BCUT2D eigenvalue weighted by molar-refractivity contribution is 8.87. The predicted molar refractivity (Wildman–Crippen MR) is 65.8 cm³/mol. The van der Waals surface area contributed by atoms with E-state index in [2.05, 4.69) is 13.8 Å². The molecule has 0 unspecified atom stereocenters. The van der Waals surface area contributed by atoms with Crippen molar-refractivity contribution in [2.75, 3.05) is 11.5 Å². The van der Waals surface area contributed by atoms with E-state index < -0.39 is 0 Å². The third-order valence-electron chi connectivity index (χ3n) is 1.43. The topological polar surface area (TPSA) is 26.0 Å². The first kappa shape index (κ1) is 13.1. The number of unbranched alkanes of at least 4 members (excludes halogenated alkanes) is 2. The molecule has 2 N–H and O–H groups in total. The number of nitrogens with two attached hydrogens (primary N) is 1. The van der Waals surface area contributed by atoms with Crippen molar-refractivity contribution in [3.63, 3.8) is 0 Å². The molecule has 0 aliphatic rings. The summed E-state index contributed by atoms with van der Waals surface area (Å²) in [5, 5.41) is 0. The lowest BCUT2D eigenvalue weighted by molar-refractivity contribution is 0.898. The van der Waals surface area contributed by atoms with Crippen molar-refractivity contribution in [2.24, 2.45) is 5.50 Å². The van der Waals surface area contributed by atoms with E-state index in [1.54, 1.807) is 0 Å². The molecular formula is C8H20NPS2. The lowest BCUT2D eigenvalue weighted by atomic mass is 10.4. The van der Waals surface area contributed by atoms with Crippen molar-refractivity contribution >= 4 is 29.2 Å². The quantitative estimate of drug-likeness (QED) is 0.494. The average Bonchev–Trinajstić information content (AvgIpc) is 2.06. The SMILES string of the molecule is CCCCSP(N)SCCCC. The molecule has 0 atom stereocenters. The Kier molecular flexibility index (Phi) is 11.1. The summed E-state index contributed by atoms with van der Waals surface area (Å²) in [4.78, 5) is 0. The van der Waals surface area contributed by atoms with Gasteiger partial charge < -0.3 is 0 Å². The third kappa shape index (κ3) is 9.18. The van der Waals surface area contributed by atoms with Crippen molar-refractivity contribution in [1.29, 1.82) is 0 Å². The Bertz CT molecular complexity index is 83.1. The van der Waals surface area contributed by atoms with E-state index in [1.807, 2.05) is 22.8 Å². The monoisotopic (exact) mass is 225 g/mol. The Balaban J connectivity index is 3.04. The molecule has 74 valence electrons. The van der Waals surface area contributed by atoms with Gasteiger partial charge in [-0.1, -0.05) is 26.7 Å². The highest BCUT2D eigenvalue weighted by Crippen LogP contribution is 2.54. The van der Waals surface area contributed by atoms with Crippen LogP contribution in [0.15, 0.2) is 0 Å². The van der Waals surface area contributed by atoms with Crippen LogP contribution >= 0.6 is 29.2 Å². The van der Waals surface area contributed by atoms with E-state index in [0.29, 0.717) is 0 Å². The zero-order chi connectivity index (χ0) is 9.23. The number of hydrogen-bond donors (Lipinski definition) is 1. The van der Waals surface area contributed by atoms with Crippen LogP contribution in [0.1, 0.15) is 39.5 Å². The van der Waals surface area contributed by atoms with E-state index in [1.165, 1.54) is 37.2 Å². The zero-order valence-corrected chi connectivity index (χ0v) is 10.6. The van der Waals surface area contributed by atoms with Gasteiger partial charge in [0.2, 0.25) is 0 Å². The molecule has 0 rings (SSSR count). The van der Waals surface area contributed by atoms with Crippen LogP contribution in [0.3, 0.4) is 0 Å². The molecule has 0 aromatic heterocycles. The van der Waals surface area contributed by atoms with Crippen LogP contribution in [-0.2, 0) is 0 Å². The molecule has 0 aliphatic heterocycles. The highest BCUT2D eigenvalue weighted by atomic mass is 33.1. The van der Waals surface area contributed by atoms with Crippen LogP contribution in [0.4, 0.5) is 0 Å². The largest absolute Gasteiger partial charge is 0.293 e. The second kappa shape index (κ2) is 10.2. The van der Waals surface area contributed by atoms with Crippen LogP contribution in [0.25, 0.3) is 0 Å². The zero-order valence-electron chi connectivity index (χ0n) is 8.08. The lowest BCUT2D eigenvalue weighted by Gasteiger charge is -2.08. The normalized spacial score (nSPS) is 11.0. The molecule has 12 heavy (non-hydrogen) atoms. The fourth-order valence-corrected chi connectivity index (χ4v) is 6.00. The maximum absolute atomic E-state index is 5.95. The van der Waals surface area contributed by atoms with E-state index in [0.717, 1.165) is 0 Å². The average molecular weight is 225 g/mol. The molecule has 0 saturated carbocycles. The summed E-state index contributed by atoms with van der Waals surface area (Å²) in [6.07, 6.45) is 5.20. The van der Waals surface area contributed by atoms with Gasteiger partial charge in [-0.15, -0.1) is 22.8 Å². The first-order valence-electron chi connectivity index (χ1n) is 4.61. The predicted octanol–water partition coefficient (Wildman–Crippen LogP) is 4.24. The van der Waals surface area contributed by atoms with E-state index in [4.69, 9.17) is 5.50 Å². The Morgan fingerprint density at radius 2 is 1.42 bits per heavy atom. The summed E-state index contributed by atoms with van der Waals surface area (Å²) in [6, 6.07) is 0. The molecule has 0 saturated heterocycles. The van der Waals surface area contributed by atoms with Gasteiger partial charge in [-0.05, 0) is 24.3 Å². The Morgan fingerprint density at radius 1 is 1.00 bits per heavy atom. The molecule has 0 aromatic carbocycles. The van der Waals surface area contributed by atoms with E-state index in [9.17, 15) is 0 Å². The summed E-state index contributed by atoms with van der Waals surface area (Å²) in [5.41, 5.74) is 5.95. The van der Waals surface area contributed by atoms with Gasteiger partial charge >= 0.3 is 0 Å². The van der Waals surface area contributed by atoms with Crippen LogP contribution in [0, 0.1) is 0 Å². The van der Waals surface area contributed by atoms with Crippen molar-refractivity contribution < 1.29 is 0 Å². The van der Waals surface area contributed by atoms with Crippen molar-refractivity contribution in [3.05, 3.63) is 0 Å². The molecule has 0 heterocycles. The van der Waals surface area contributed by atoms with Gasteiger partial charge in [0.05, 0.1) is 6.48 Å². The van der Waals surface area contributed by atoms with Crippen LogP contribution in [0.5, 0.6) is 0 Å². The Hall–Kier alpha value is 1.09. The summed E-state index contributed by atoms with van der Waals surface area (Å²) in [6.45, 7) is 4.18. The molecule has 4 heteroatoms. The summed E-state index contributed by atoms with van der Waals surface area (Å²) >= 11 is 3.91. The maximum atomic E-state index is 5.95. The summed E-state index contributed by atoms with van der Waals surface area (Å²) < 4.78 is 0. The van der Waals surface area contributed by atoms with Gasteiger partial charge in [-0.3, -0.25) is 5.50 Å². The molecule has 0 spiro atoms. The third-order valence-corrected chi connectivity index (χ3v) is 7.40. The molecule has 0 aromatic rings. The van der Waals surface area contributed by atoms with Gasteiger partial charge in [0.15, 0.2) is 0 Å². The summed E-state index contributed by atoms with van der Waals surface area (Å²) in [7, 11) is 0. The van der Waals surface area contributed by atoms with E-state index in [-0.39, 0.29) is 6.48 Å². The van der Waals surface area contributed by atoms with Gasteiger partial charge in [-0.2, -0.15) is 0 Å². The Labute approximate surface area is 85.9 Å². The van der Waals surface area contributed by atoms with Gasteiger partial charge in [-0.25, -0.2) is 0 Å². The highest BCUT2D eigenvalue weighted by Gasteiger charge is 2.01.